The van der Waals surface area contributed by atoms with E-state index in [-0.39, 0.29) is 0 Å². The molecule has 0 spiro atoms. The fourth-order valence-corrected chi connectivity index (χ4v) is 2.69. The Kier molecular flexibility index (Phi) is 8.14. The van der Waals surface area contributed by atoms with Gasteiger partial charge in [0.25, 0.3) is 0 Å². The van der Waals surface area contributed by atoms with Crippen molar-refractivity contribution in [2.75, 3.05) is 5.75 Å². The predicted molar refractivity (Wildman–Crippen MR) is 59.7 cm³/mol. The minimum absolute atomic E-state index is 0.485. The summed E-state index contributed by atoms with van der Waals surface area (Å²) in [6.07, 6.45) is 5.34. The predicted octanol–water partition coefficient (Wildman–Crippen LogP) is 3.04. The van der Waals surface area contributed by atoms with E-state index < -0.39 is 0 Å². The highest BCUT2D eigenvalue weighted by molar-refractivity contribution is 7.99. The fraction of sp³-hybridized carbons (Fsp3) is 1.00. The number of nitrogens with two attached hydrogens (primary N) is 1. The van der Waals surface area contributed by atoms with Crippen LogP contribution < -0.4 is 5.73 Å². The van der Waals surface area contributed by atoms with Crippen LogP contribution in [0.5, 0.6) is 0 Å². The Hall–Kier alpha value is 0.310. The van der Waals surface area contributed by atoms with Crippen LogP contribution >= 0.6 is 11.8 Å². The average Bonchev–Trinajstić information content (AvgIpc) is 2.13. The molecule has 0 aromatic carbocycles. The van der Waals surface area contributed by atoms with Crippen molar-refractivity contribution in [2.24, 2.45) is 5.73 Å². The van der Waals surface area contributed by atoms with E-state index in [1.807, 2.05) is 25.6 Å². The highest BCUT2D eigenvalue weighted by Crippen LogP contribution is 2.26. The molecule has 0 saturated heterocycles. The molecule has 2 heteroatoms. The van der Waals surface area contributed by atoms with Crippen molar-refractivity contribution in [1.29, 1.82) is 0 Å². The molecule has 0 aromatic rings. The molecule has 0 aliphatic heterocycles. The Morgan fingerprint density at radius 2 is 1.83 bits per heavy atom. The SMILES string of the molecule is CC.CCSC1CCCCC1N. The Bertz CT molecular complexity index is 93.8. The molecule has 1 rings (SSSR count). The molecule has 2 N–H and O–H groups in total. The zero-order valence-electron chi connectivity index (χ0n) is 8.68. The summed E-state index contributed by atoms with van der Waals surface area (Å²) in [5.74, 6) is 1.22. The van der Waals surface area contributed by atoms with Crippen molar-refractivity contribution in [3.63, 3.8) is 0 Å². The first kappa shape index (κ1) is 12.3. The lowest BCUT2D eigenvalue weighted by Crippen LogP contribution is -2.35. The fourth-order valence-electron chi connectivity index (χ4n) is 1.55. The van der Waals surface area contributed by atoms with Gasteiger partial charge in [-0.15, -0.1) is 0 Å². The van der Waals surface area contributed by atoms with Gasteiger partial charge in [-0.2, -0.15) is 11.8 Å². The number of thioether (sulfide) groups is 1. The first-order chi connectivity index (χ1) is 5.84. The van der Waals surface area contributed by atoms with E-state index in [0.29, 0.717) is 6.04 Å². The zero-order valence-corrected chi connectivity index (χ0v) is 9.49. The van der Waals surface area contributed by atoms with Crippen LogP contribution in [0.3, 0.4) is 0 Å². The summed E-state index contributed by atoms with van der Waals surface area (Å²) in [5.41, 5.74) is 5.94. The molecule has 0 radical (unpaired) electrons. The number of hydrogen-bond acceptors (Lipinski definition) is 2. The summed E-state index contributed by atoms with van der Waals surface area (Å²) in [7, 11) is 0. The van der Waals surface area contributed by atoms with Crippen LogP contribution in [0.2, 0.25) is 0 Å². The summed E-state index contributed by atoms with van der Waals surface area (Å²) in [4.78, 5) is 0. The van der Waals surface area contributed by atoms with Gasteiger partial charge >= 0.3 is 0 Å². The molecule has 2 atom stereocenters. The molecule has 74 valence electrons. The molecule has 1 aliphatic carbocycles. The minimum atomic E-state index is 0.485. The maximum Gasteiger partial charge on any atom is 0.0198 e. The van der Waals surface area contributed by atoms with Gasteiger partial charge in [0, 0.05) is 11.3 Å². The molecule has 1 nitrogen and oxygen atoms in total. The molecule has 1 aliphatic rings. The van der Waals surface area contributed by atoms with Crippen molar-refractivity contribution in [3.8, 4) is 0 Å². The maximum absolute atomic E-state index is 5.94. The summed E-state index contributed by atoms with van der Waals surface area (Å²) in [5, 5.41) is 0.763. The van der Waals surface area contributed by atoms with Crippen LogP contribution in [0, 0.1) is 0 Å². The van der Waals surface area contributed by atoms with Crippen molar-refractivity contribution >= 4 is 11.8 Å². The van der Waals surface area contributed by atoms with E-state index in [0.717, 1.165) is 5.25 Å². The molecule has 0 heterocycles. The normalized spacial score (nSPS) is 29.0. The van der Waals surface area contributed by atoms with Gasteiger partial charge in [0.2, 0.25) is 0 Å². The average molecular weight is 189 g/mol. The van der Waals surface area contributed by atoms with Gasteiger partial charge < -0.3 is 5.73 Å². The van der Waals surface area contributed by atoms with Gasteiger partial charge in [-0.3, -0.25) is 0 Å². The molecule has 0 aromatic heterocycles. The van der Waals surface area contributed by atoms with Gasteiger partial charge in [-0.05, 0) is 18.6 Å². The van der Waals surface area contributed by atoms with Crippen LogP contribution in [0.15, 0.2) is 0 Å². The van der Waals surface area contributed by atoms with Crippen molar-refractivity contribution in [3.05, 3.63) is 0 Å². The summed E-state index contributed by atoms with van der Waals surface area (Å²) in [6.45, 7) is 6.21. The highest BCUT2D eigenvalue weighted by atomic mass is 32.2. The van der Waals surface area contributed by atoms with Crippen molar-refractivity contribution in [2.45, 2.75) is 57.7 Å². The molecule has 12 heavy (non-hydrogen) atoms. The first-order valence-corrected chi connectivity index (χ1v) is 6.26. The van der Waals surface area contributed by atoms with Crippen LogP contribution in [0.4, 0.5) is 0 Å². The van der Waals surface area contributed by atoms with Crippen molar-refractivity contribution in [1.82, 2.24) is 0 Å². The molecule has 2 unspecified atom stereocenters. The van der Waals surface area contributed by atoms with Gasteiger partial charge in [0.05, 0.1) is 0 Å². The molecule has 1 saturated carbocycles. The van der Waals surface area contributed by atoms with E-state index >= 15 is 0 Å². The second-order valence-corrected chi connectivity index (χ2v) is 4.46. The van der Waals surface area contributed by atoms with E-state index in [9.17, 15) is 0 Å². The van der Waals surface area contributed by atoms with Gasteiger partial charge in [-0.25, -0.2) is 0 Å². The van der Waals surface area contributed by atoms with E-state index in [4.69, 9.17) is 5.73 Å². The quantitative estimate of drug-likeness (QED) is 0.722. The monoisotopic (exact) mass is 189 g/mol. The summed E-state index contributed by atoms with van der Waals surface area (Å²) in [6, 6.07) is 0.485. The second-order valence-electron chi connectivity index (χ2n) is 2.94. The molecule has 0 amide bonds. The minimum Gasteiger partial charge on any atom is -0.327 e. The third-order valence-corrected chi connectivity index (χ3v) is 3.48. The first-order valence-electron chi connectivity index (χ1n) is 5.21. The smallest absolute Gasteiger partial charge is 0.0198 e. The Morgan fingerprint density at radius 1 is 1.25 bits per heavy atom. The third kappa shape index (κ3) is 4.36. The third-order valence-electron chi connectivity index (χ3n) is 2.13. The van der Waals surface area contributed by atoms with Crippen LogP contribution in [0.25, 0.3) is 0 Å². The van der Waals surface area contributed by atoms with E-state index in [1.54, 1.807) is 0 Å². The van der Waals surface area contributed by atoms with Gasteiger partial charge in [0.1, 0.15) is 0 Å². The largest absolute Gasteiger partial charge is 0.327 e. The number of rotatable bonds is 2. The Labute approximate surface area is 81.5 Å². The topological polar surface area (TPSA) is 26.0 Å². The maximum atomic E-state index is 5.94. The molecular weight excluding hydrogens is 166 g/mol. The van der Waals surface area contributed by atoms with Crippen LogP contribution in [-0.4, -0.2) is 17.0 Å². The van der Waals surface area contributed by atoms with E-state index in [1.165, 1.54) is 31.4 Å². The number of hydrogen-bond donors (Lipinski definition) is 1. The lowest BCUT2D eigenvalue weighted by Gasteiger charge is -2.27. The molecular formula is C10H23NS. The second kappa shape index (κ2) is 7.93. The highest BCUT2D eigenvalue weighted by Gasteiger charge is 2.20. The van der Waals surface area contributed by atoms with Crippen molar-refractivity contribution < 1.29 is 0 Å². The Morgan fingerprint density at radius 3 is 2.33 bits per heavy atom. The molecule has 1 fully saturated rings. The molecule has 0 bridgehead atoms. The zero-order chi connectivity index (χ0) is 9.40. The Balaban J connectivity index is 0.000000561. The summed E-state index contributed by atoms with van der Waals surface area (Å²) >= 11 is 2.04. The summed E-state index contributed by atoms with van der Waals surface area (Å²) < 4.78 is 0. The standard InChI is InChI=1S/C8H17NS.C2H6/c1-2-10-8-6-4-3-5-7(8)9;1-2/h7-8H,2-6,9H2,1H3;1-2H3. The van der Waals surface area contributed by atoms with Crippen LogP contribution in [-0.2, 0) is 0 Å². The lowest BCUT2D eigenvalue weighted by atomic mass is 9.96. The van der Waals surface area contributed by atoms with E-state index in [2.05, 4.69) is 6.92 Å². The van der Waals surface area contributed by atoms with Crippen LogP contribution in [0.1, 0.15) is 46.5 Å². The van der Waals surface area contributed by atoms with Gasteiger partial charge in [0.15, 0.2) is 0 Å². The lowest BCUT2D eigenvalue weighted by molar-refractivity contribution is 0.453. The van der Waals surface area contributed by atoms with Gasteiger partial charge in [-0.1, -0.05) is 33.6 Å².